The number of fused-ring (bicyclic) bond motifs is 1. The van der Waals surface area contributed by atoms with Crippen molar-refractivity contribution in [3.63, 3.8) is 0 Å². The van der Waals surface area contributed by atoms with Gasteiger partial charge in [-0.3, -0.25) is 14.7 Å². The standard InChI is InChI=1S/C23H27N5O/c1-16(2)28-15-25-20-11-12-27(14-18-7-5-4-6-8-18)22(21(20)28)23(29)26-19-10-9-17(3)24-13-19/h4-10,13,15-16,22H,11-12,14H2,1-3H3,(H,26,29)/t22-/m0/s1. The number of carbonyl (C=O) groups excluding carboxylic acids is 1. The van der Waals surface area contributed by atoms with Crippen molar-refractivity contribution in [1.29, 1.82) is 0 Å². The number of hydrogen-bond acceptors (Lipinski definition) is 4. The maximum Gasteiger partial charge on any atom is 0.248 e. The second kappa shape index (κ2) is 8.17. The first-order valence-electron chi connectivity index (χ1n) is 10.1. The number of imidazole rings is 1. The van der Waals surface area contributed by atoms with Gasteiger partial charge < -0.3 is 9.88 Å². The van der Waals surface area contributed by atoms with Gasteiger partial charge in [0, 0.05) is 31.2 Å². The van der Waals surface area contributed by atoms with E-state index in [9.17, 15) is 4.79 Å². The predicted octanol–water partition coefficient (Wildman–Crippen LogP) is 3.91. The van der Waals surface area contributed by atoms with E-state index in [1.54, 1.807) is 6.20 Å². The highest BCUT2D eigenvalue weighted by molar-refractivity contribution is 5.95. The van der Waals surface area contributed by atoms with Crippen molar-refractivity contribution in [2.45, 2.75) is 45.8 Å². The van der Waals surface area contributed by atoms with Crippen molar-refractivity contribution in [1.82, 2.24) is 19.4 Å². The van der Waals surface area contributed by atoms with E-state index in [0.29, 0.717) is 12.2 Å². The van der Waals surface area contributed by atoms with Crippen molar-refractivity contribution in [3.05, 3.63) is 77.6 Å². The zero-order valence-electron chi connectivity index (χ0n) is 17.2. The molecule has 6 nitrogen and oxygen atoms in total. The lowest BCUT2D eigenvalue weighted by atomic mass is 9.99. The Balaban J connectivity index is 1.68. The normalized spacial score (nSPS) is 16.6. The number of anilines is 1. The number of benzene rings is 1. The summed E-state index contributed by atoms with van der Waals surface area (Å²) in [6.07, 6.45) is 4.42. The number of pyridine rings is 1. The van der Waals surface area contributed by atoms with Gasteiger partial charge in [-0.05, 0) is 38.5 Å². The van der Waals surface area contributed by atoms with Gasteiger partial charge in [0.25, 0.3) is 0 Å². The third-order valence-corrected chi connectivity index (χ3v) is 5.38. The lowest BCUT2D eigenvalue weighted by Gasteiger charge is -2.36. The molecule has 0 aliphatic carbocycles. The molecule has 0 bridgehead atoms. The molecule has 3 aromatic rings. The largest absolute Gasteiger partial charge is 0.330 e. The highest BCUT2D eigenvalue weighted by Gasteiger charge is 2.37. The topological polar surface area (TPSA) is 63.1 Å². The minimum absolute atomic E-state index is 0.0464. The number of aryl methyl sites for hydroxylation is 1. The molecule has 1 aliphatic heterocycles. The van der Waals surface area contributed by atoms with Crippen LogP contribution in [0.25, 0.3) is 0 Å². The molecule has 3 heterocycles. The summed E-state index contributed by atoms with van der Waals surface area (Å²) in [5, 5.41) is 3.07. The summed E-state index contributed by atoms with van der Waals surface area (Å²) in [7, 11) is 0. The van der Waals surface area contributed by atoms with E-state index in [1.807, 2.05) is 43.6 Å². The van der Waals surface area contributed by atoms with Crippen LogP contribution in [0.3, 0.4) is 0 Å². The minimum atomic E-state index is -0.398. The number of carbonyl (C=O) groups is 1. The number of aromatic nitrogens is 3. The van der Waals surface area contributed by atoms with E-state index in [-0.39, 0.29) is 11.9 Å². The molecule has 29 heavy (non-hydrogen) atoms. The molecule has 1 N–H and O–H groups in total. The van der Waals surface area contributed by atoms with Gasteiger partial charge in [0.05, 0.1) is 29.6 Å². The number of nitrogens with one attached hydrogen (secondary N) is 1. The van der Waals surface area contributed by atoms with Gasteiger partial charge in [0.2, 0.25) is 5.91 Å². The van der Waals surface area contributed by atoms with Crippen molar-refractivity contribution in [3.8, 4) is 0 Å². The van der Waals surface area contributed by atoms with Gasteiger partial charge in [-0.2, -0.15) is 0 Å². The van der Waals surface area contributed by atoms with Crippen LogP contribution in [0.4, 0.5) is 5.69 Å². The van der Waals surface area contributed by atoms with Crippen LogP contribution in [0.5, 0.6) is 0 Å². The van der Waals surface area contributed by atoms with Crippen molar-refractivity contribution >= 4 is 11.6 Å². The van der Waals surface area contributed by atoms with Crippen molar-refractivity contribution in [2.75, 3.05) is 11.9 Å². The number of nitrogens with zero attached hydrogens (tertiary/aromatic N) is 4. The first-order valence-corrected chi connectivity index (χ1v) is 10.1. The molecule has 1 atom stereocenters. The zero-order chi connectivity index (χ0) is 20.4. The summed E-state index contributed by atoms with van der Waals surface area (Å²) in [5.74, 6) is -0.0464. The fourth-order valence-corrected chi connectivity index (χ4v) is 3.89. The van der Waals surface area contributed by atoms with Crippen LogP contribution in [0.1, 0.15) is 48.6 Å². The fourth-order valence-electron chi connectivity index (χ4n) is 3.89. The molecule has 1 aromatic carbocycles. The molecule has 0 saturated carbocycles. The van der Waals surface area contributed by atoms with Crippen LogP contribution in [0.15, 0.2) is 55.0 Å². The SMILES string of the molecule is Cc1ccc(NC(=O)[C@@H]2c3c(ncn3C(C)C)CCN2Cc2ccccc2)cn1. The van der Waals surface area contributed by atoms with Crippen LogP contribution in [-0.2, 0) is 17.8 Å². The average molecular weight is 390 g/mol. The summed E-state index contributed by atoms with van der Waals surface area (Å²) < 4.78 is 2.13. The summed E-state index contributed by atoms with van der Waals surface area (Å²) in [6, 6.07) is 13.9. The molecule has 2 aromatic heterocycles. The summed E-state index contributed by atoms with van der Waals surface area (Å²) in [5.41, 5.74) is 4.85. The molecule has 0 spiro atoms. The van der Waals surface area contributed by atoms with Crippen LogP contribution in [0.2, 0.25) is 0 Å². The maximum absolute atomic E-state index is 13.5. The van der Waals surface area contributed by atoms with Gasteiger partial charge in [0.15, 0.2) is 0 Å². The Kier molecular flexibility index (Phi) is 5.45. The van der Waals surface area contributed by atoms with E-state index in [2.05, 4.69) is 50.7 Å². The Morgan fingerprint density at radius 2 is 1.97 bits per heavy atom. The molecule has 0 fully saturated rings. The summed E-state index contributed by atoms with van der Waals surface area (Å²) in [4.78, 5) is 24.6. The van der Waals surface area contributed by atoms with Crippen LogP contribution in [0, 0.1) is 6.92 Å². The second-order valence-electron chi connectivity index (χ2n) is 7.86. The third kappa shape index (κ3) is 4.07. The number of amides is 1. The molecule has 1 amide bonds. The van der Waals surface area contributed by atoms with Gasteiger partial charge in [0.1, 0.15) is 6.04 Å². The van der Waals surface area contributed by atoms with E-state index in [4.69, 9.17) is 0 Å². The first-order chi connectivity index (χ1) is 14.0. The maximum atomic E-state index is 13.5. The van der Waals surface area contributed by atoms with Crippen molar-refractivity contribution in [2.24, 2.45) is 0 Å². The molecule has 4 rings (SSSR count). The van der Waals surface area contributed by atoms with E-state index >= 15 is 0 Å². The molecule has 6 heteroatoms. The van der Waals surface area contributed by atoms with Gasteiger partial charge in [-0.25, -0.2) is 4.98 Å². The summed E-state index contributed by atoms with van der Waals surface area (Å²) >= 11 is 0. The molecule has 0 saturated heterocycles. The Morgan fingerprint density at radius 1 is 1.17 bits per heavy atom. The Morgan fingerprint density at radius 3 is 2.66 bits per heavy atom. The highest BCUT2D eigenvalue weighted by Crippen LogP contribution is 2.33. The highest BCUT2D eigenvalue weighted by atomic mass is 16.2. The van der Waals surface area contributed by atoms with Crippen molar-refractivity contribution < 1.29 is 4.79 Å². The fraction of sp³-hybridized carbons (Fsp3) is 0.348. The monoisotopic (exact) mass is 389 g/mol. The Bertz CT molecular complexity index is 978. The molecule has 150 valence electrons. The Hall–Kier alpha value is -2.99. The van der Waals surface area contributed by atoms with Gasteiger partial charge >= 0.3 is 0 Å². The zero-order valence-corrected chi connectivity index (χ0v) is 17.2. The van der Waals surface area contributed by atoms with Gasteiger partial charge in [-0.15, -0.1) is 0 Å². The van der Waals surface area contributed by atoms with E-state index < -0.39 is 6.04 Å². The lowest BCUT2D eigenvalue weighted by Crippen LogP contribution is -2.42. The molecule has 1 aliphatic rings. The predicted molar refractivity (Wildman–Crippen MR) is 114 cm³/mol. The Labute approximate surface area is 171 Å². The average Bonchev–Trinajstić information content (AvgIpc) is 3.14. The van der Waals surface area contributed by atoms with Crippen LogP contribution < -0.4 is 5.32 Å². The molecule has 0 radical (unpaired) electrons. The quantitative estimate of drug-likeness (QED) is 0.719. The van der Waals surface area contributed by atoms with E-state index in [1.165, 1.54) is 5.56 Å². The number of hydrogen-bond donors (Lipinski definition) is 1. The van der Waals surface area contributed by atoms with Crippen LogP contribution >= 0.6 is 0 Å². The van der Waals surface area contributed by atoms with Crippen LogP contribution in [-0.4, -0.2) is 31.9 Å². The lowest BCUT2D eigenvalue weighted by molar-refractivity contribution is -0.122. The third-order valence-electron chi connectivity index (χ3n) is 5.38. The smallest absolute Gasteiger partial charge is 0.248 e. The second-order valence-corrected chi connectivity index (χ2v) is 7.86. The summed E-state index contributed by atoms with van der Waals surface area (Å²) in [6.45, 7) is 7.69. The minimum Gasteiger partial charge on any atom is -0.330 e. The number of rotatable bonds is 5. The van der Waals surface area contributed by atoms with E-state index in [0.717, 1.165) is 30.0 Å². The first kappa shape index (κ1) is 19.3. The molecule has 0 unspecified atom stereocenters. The molecular weight excluding hydrogens is 362 g/mol. The van der Waals surface area contributed by atoms with Gasteiger partial charge in [-0.1, -0.05) is 30.3 Å². The molecular formula is C23H27N5O.